The second-order valence-corrected chi connectivity index (χ2v) is 5.29. The van der Waals surface area contributed by atoms with Gasteiger partial charge in [-0.2, -0.15) is 0 Å². The number of hydrogen-bond acceptors (Lipinski definition) is 3. The number of benzene rings is 2. The number of hydrogen-bond donors (Lipinski definition) is 2. The van der Waals surface area contributed by atoms with Crippen LogP contribution in [0.4, 0.5) is 11.4 Å². The minimum Gasteiger partial charge on any atom is -0.376 e. The van der Waals surface area contributed by atoms with E-state index < -0.39 is 0 Å². The van der Waals surface area contributed by atoms with Gasteiger partial charge in [-0.05, 0) is 50.1 Å². The lowest BCUT2D eigenvalue weighted by Gasteiger charge is -2.11. The third kappa shape index (κ3) is 3.95. The summed E-state index contributed by atoms with van der Waals surface area (Å²) in [7, 11) is 0. The lowest BCUT2D eigenvalue weighted by molar-refractivity contribution is -0.114. The van der Waals surface area contributed by atoms with E-state index in [1.54, 1.807) is 18.2 Å². The predicted octanol–water partition coefficient (Wildman–Crippen LogP) is 3.56. The molecule has 0 heterocycles. The highest BCUT2D eigenvalue weighted by molar-refractivity contribution is 5.96. The van der Waals surface area contributed by atoms with Gasteiger partial charge in [0.05, 0.1) is 6.54 Å². The topological polar surface area (TPSA) is 58.2 Å². The zero-order chi connectivity index (χ0) is 16.1. The summed E-state index contributed by atoms with van der Waals surface area (Å²) in [6.07, 6.45) is 0. The van der Waals surface area contributed by atoms with E-state index in [9.17, 15) is 9.59 Å². The van der Waals surface area contributed by atoms with Crippen molar-refractivity contribution in [1.82, 2.24) is 0 Å². The summed E-state index contributed by atoms with van der Waals surface area (Å²) in [6.45, 7) is 5.66. The van der Waals surface area contributed by atoms with Crippen molar-refractivity contribution in [3.05, 3.63) is 59.2 Å². The Bertz CT molecular complexity index is 708. The van der Waals surface area contributed by atoms with E-state index in [0.29, 0.717) is 5.56 Å². The van der Waals surface area contributed by atoms with Crippen LogP contribution in [0.25, 0.3) is 0 Å². The molecule has 1 amide bonds. The molecule has 0 aliphatic carbocycles. The lowest BCUT2D eigenvalue weighted by atomic mass is 10.1. The Labute approximate surface area is 130 Å². The zero-order valence-electron chi connectivity index (χ0n) is 13.1. The van der Waals surface area contributed by atoms with E-state index >= 15 is 0 Å². The maximum atomic E-state index is 12.0. The van der Waals surface area contributed by atoms with Crippen molar-refractivity contribution in [3.63, 3.8) is 0 Å². The van der Waals surface area contributed by atoms with E-state index in [2.05, 4.69) is 10.6 Å². The van der Waals surface area contributed by atoms with Crippen LogP contribution in [0, 0.1) is 13.8 Å². The van der Waals surface area contributed by atoms with Crippen LogP contribution in [0.1, 0.15) is 28.4 Å². The Kier molecular flexibility index (Phi) is 4.94. The number of amides is 1. The highest BCUT2D eigenvalue weighted by Gasteiger charge is 2.06. The van der Waals surface area contributed by atoms with Crippen molar-refractivity contribution in [3.8, 4) is 0 Å². The van der Waals surface area contributed by atoms with Gasteiger partial charge in [0.15, 0.2) is 5.78 Å². The Morgan fingerprint density at radius 3 is 2.50 bits per heavy atom. The van der Waals surface area contributed by atoms with Crippen molar-refractivity contribution in [2.45, 2.75) is 20.8 Å². The maximum absolute atomic E-state index is 12.0. The van der Waals surface area contributed by atoms with Gasteiger partial charge in [0.1, 0.15) is 0 Å². The van der Waals surface area contributed by atoms with E-state index in [4.69, 9.17) is 0 Å². The van der Waals surface area contributed by atoms with Crippen LogP contribution < -0.4 is 10.6 Å². The molecule has 0 saturated carbocycles. The zero-order valence-corrected chi connectivity index (χ0v) is 13.1. The number of rotatable bonds is 5. The monoisotopic (exact) mass is 296 g/mol. The molecular formula is C18H20N2O2. The first-order chi connectivity index (χ1) is 10.5. The van der Waals surface area contributed by atoms with Crippen molar-refractivity contribution in [2.24, 2.45) is 0 Å². The highest BCUT2D eigenvalue weighted by Crippen LogP contribution is 2.18. The van der Waals surface area contributed by atoms with Crippen LogP contribution in [0.15, 0.2) is 42.5 Å². The molecule has 4 heteroatoms. The number of carbonyl (C=O) groups excluding carboxylic acids is 2. The van der Waals surface area contributed by atoms with E-state index in [0.717, 1.165) is 22.5 Å². The molecule has 2 aromatic carbocycles. The molecule has 0 unspecified atom stereocenters. The van der Waals surface area contributed by atoms with Gasteiger partial charge in [-0.15, -0.1) is 0 Å². The molecule has 0 atom stereocenters. The summed E-state index contributed by atoms with van der Waals surface area (Å²) in [5.41, 5.74) is 4.40. The van der Waals surface area contributed by atoms with Crippen molar-refractivity contribution in [2.75, 3.05) is 17.2 Å². The number of ketones is 1. The smallest absolute Gasteiger partial charge is 0.243 e. The second-order valence-electron chi connectivity index (χ2n) is 5.29. The summed E-state index contributed by atoms with van der Waals surface area (Å²) >= 11 is 0. The fourth-order valence-electron chi connectivity index (χ4n) is 2.11. The van der Waals surface area contributed by atoms with E-state index in [1.165, 1.54) is 6.92 Å². The number of Topliss-reactive ketones (excluding diaryl/α,β-unsaturated/α-hetero) is 1. The molecule has 0 radical (unpaired) electrons. The minimum atomic E-state index is -0.123. The summed E-state index contributed by atoms with van der Waals surface area (Å²) in [5, 5.41) is 5.92. The van der Waals surface area contributed by atoms with Crippen LogP contribution in [0.3, 0.4) is 0 Å². The number of aryl methyl sites for hydroxylation is 1. The van der Waals surface area contributed by atoms with Gasteiger partial charge >= 0.3 is 0 Å². The number of carbonyl (C=O) groups is 2. The van der Waals surface area contributed by atoms with Crippen molar-refractivity contribution >= 4 is 23.1 Å². The third-order valence-electron chi connectivity index (χ3n) is 3.60. The first kappa shape index (κ1) is 15.8. The summed E-state index contributed by atoms with van der Waals surface area (Å²) in [5.74, 6) is -0.120. The normalized spacial score (nSPS) is 10.1. The quantitative estimate of drug-likeness (QED) is 0.829. The van der Waals surface area contributed by atoms with E-state index in [-0.39, 0.29) is 18.2 Å². The number of anilines is 2. The largest absolute Gasteiger partial charge is 0.376 e. The molecule has 0 fully saturated rings. The molecule has 2 aromatic rings. The SMILES string of the molecule is CC(=O)c1cccc(NCC(=O)Nc2cccc(C)c2C)c1. The average Bonchev–Trinajstić information content (AvgIpc) is 2.50. The molecule has 2 N–H and O–H groups in total. The van der Waals surface area contributed by atoms with Crippen LogP contribution >= 0.6 is 0 Å². The van der Waals surface area contributed by atoms with Crippen LogP contribution in [0.2, 0.25) is 0 Å². The van der Waals surface area contributed by atoms with Crippen LogP contribution in [-0.4, -0.2) is 18.2 Å². The van der Waals surface area contributed by atoms with Gasteiger partial charge in [-0.1, -0.05) is 24.3 Å². The van der Waals surface area contributed by atoms with Gasteiger partial charge in [-0.3, -0.25) is 9.59 Å². The molecule has 0 aromatic heterocycles. The third-order valence-corrected chi connectivity index (χ3v) is 3.60. The number of nitrogens with one attached hydrogen (secondary N) is 2. The molecule has 2 rings (SSSR count). The average molecular weight is 296 g/mol. The molecule has 114 valence electrons. The Morgan fingerprint density at radius 2 is 1.77 bits per heavy atom. The van der Waals surface area contributed by atoms with Gasteiger partial charge in [0.25, 0.3) is 0 Å². The molecule has 0 aliphatic rings. The van der Waals surface area contributed by atoms with Gasteiger partial charge in [-0.25, -0.2) is 0 Å². The molecule has 0 aliphatic heterocycles. The minimum absolute atomic E-state index is 0.00323. The standard InChI is InChI=1S/C18H20N2O2/c1-12-6-4-9-17(13(12)2)20-18(22)11-19-16-8-5-7-15(10-16)14(3)21/h4-10,19H,11H2,1-3H3,(H,20,22). The summed E-state index contributed by atoms with van der Waals surface area (Å²) in [4.78, 5) is 23.4. The summed E-state index contributed by atoms with van der Waals surface area (Å²) in [6, 6.07) is 12.9. The molecule has 22 heavy (non-hydrogen) atoms. The van der Waals surface area contributed by atoms with Crippen LogP contribution in [0.5, 0.6) is 0 Å². The van der Waals surface area contributed by atoms with Crippen LogP contribution in [-0.2, 0) is 4.79 Å². The second kappa shape index (κ2) is 6.89. The van der Waals surface area contributed by atoms with E-state index in [1.807, 2.05) is 38.1 Å². The van der Waals surface area contributed by atoms with Gasteiger partial charge in [0, 0.05) is 16.9 Å². The first-order valence-electron chi connectivity index (χ1n) is 7.18. The Balaban J connectivity index is 1.97. The highest BCUT2D eigenvalue weighted by atomic mass is 16.2. The van der Waals surface area contributed by atoms with Gasteiger partial charge < -0.3 is 10.6 Å². The van der Waals surface area contributed by atoms with Crippen molar-refractivity contribution in [1.29, 1.82) is 0 Å². The maximum Gasteiger partial charge on any atom is 0.243 e. The van der Waals surface area contributed by atoms with Crippen molar-refractivity contribution < 1.29 is 9.59 Å². The van der Waals surface area contributed by atoms with Gasteiger partial charge in [0.2, 0.25) is 5.91 Å². The molecule has 0 saturated heterocycles. The summed E-state index contributed by atoms with van der Waals surface area (Å²) < 4.78 is 0. The first-order valence-corrected chi connectivity index (χ1v) is 7.18. The Morgan fingerprint density at radius 1 is 1.05 bits per heavy atom. The Hall–Kier alpha value is -2.62. The fourth-order valence-corrected chi connectivity index (χ4v) is 2.11. The lowest BCUT2D eigenvalue weighted by Crippen LogP contribution is -2.22. The molecule has 0 spiro atoms. The molecule has 4 nitrogen and oxygen atoms in total. The molecule has 0 bridgehead atoms. The predicted molar refractivity (Wildman–Crippen MR) is 89.5 cm³/mol. The molecular weight excluding hydrogens is 276 g/mol. The fraction of sp³-hybridized carbons (Fsp3) is 0.222.